The minimum absolute atomic E-state index is 0.164. The fourth-order valence-corrected chi connectivity index (χ4v) is 2.10. The van der Waals surface area contributed by atoms with Crippen LogP contribution in [0.3, 0.4) is 0 Å². The van der Waals surface area contributed by atoms with E-state index in [-0.39, 0.29) is 12.2 Å². The molecule has 1 aliphatic rings. The molecular formula is C10H15ClN4O. The summed E-state index contributed by atoms with van der Waals surface area (Å²) in [4.78, 5) is 10.1. The van der Waals surface area contributed by atoms with E-state index in [2.05, 4.69) is 14.9 Å². The van der Waals surface area contributed by atoms with E-state index in [0.717, 1.165) is 13.1 Å². The van der Waals surface area contributed by atoms with Crippen molar-refractivity contribution in [3.05, 3.63) is 11.5 Å². The number of nitrogens with two attached hydrogens (primary N) is 1. The Morgan fingerprint density at radius 1 is 1.38 bits per heavy atom. The van der Waals surface area contributed by atoms with Crippen molar-refractivity contribution in [2.45, 2.75) is 26.1 Å². The van der Waals surface area contributed by atoms with Gasteiger partial charge < -0.3 is 15.4 Å². The van der Waals surface area contributed by atoms with Gasteiger partial charge in [-0.25, -0.2) is 9.97 Å². The van der Waals surface area contributed by atoms with Gasteiger partial charge in [-0.3, -0.25) is 0 Å². The second kappa shape index (κ2) is 4.43. The molecule has 16 heavy (non-hydrogen) atoms. The molecule has 1 saturated heterocycles. The van der Waals surface area contributed by atoms with Crippen LogP contribution in [-0.2, 0) is 4.74 Å². The molecule has 88 valence electrons. The summed E-state index contributed by atoms with van der Waals surface area (Å²) >= 11 is 5.87. The van der Waals surface area contributed by atoms with Crippen LogP contribution in [0, 0.1) is 0 Å². The third kappa shape index (κ3) is 2.20. The normalized spacial score (nSPS) is 25.8. The van der Waals surface area contributed by atoms with Crippen molar-refractivity contribution in [3.63, 3.8) is 0 Å². The Labute approximate surface area is 99.6 Å². The van der Waals surface area contributed by atoms with Gasteiger partial charge in [0, 0.05) is 13.1 Å². The molecule has 1 aliphatic heterocycles. The third-order valence-electron chi connectivity index (χ3n) is 2.53. The Morgan fingerprint density at radius 2 is 2.00 bits per heavy atom. The van der Waals surface area contributed by atoms with E-state index in [1.54, 1.807) is 0 Å². The fraction of sp³-hybridized carbons (Fsp3) is 0.600. The predicted molar refractivity (Wildman–Crippen MR) is 63.7 cm³/mol. The van der Waals surface area contributed by atoms with Crippen molar-refractivity contribution in [2.24, 2.45) is 0 Å². The van der Waals surface area contributed by atoms with Gasteiger partial charge in [0.25, 0.3) is 0 Å². The van der Waals surface area contributed by atoms with Crippen LogP contribution in [0.4, 0.5) is 11.5 Å². The summed E-state index contributed by atoms with van der Waals surface area (Å²) in [6.45, 7) is 5.59. The molecule has 2 rings (SSSR count). The van der Waals surface area contributed by atoms with Crippen LogP contribution in [0.2, 0.25) is 5.15 Å². The van der Waals surface area contributed by atoms with E-state index >= 15 is 0 Å². The summed E-state index contributed by atoms with van der Waals surface area (Å²) in [7, 11) is 0. The number of morpholine rings is 1. The lowest BCUT2D eigenvalue weighted by Crippen LogP contribution is -2.46. The molecule has 0 bridgehead atoms. The molecule has 1 aromatic heterocycles. The van der Waals surface area contributed by atoms with Crippen LogP contribution in [0.15, 0.2) is 6.33 Å². The molecule has 0 aromatic carbocycles. The molecule has 0 spiro atoms. The summed E-state index contributed by atoms with van der Waals surface area (Å²) in [5.41, 5.74) is 6.30. The van der Waals surface area contributed by atoms with Gasteiger partial charge in [0.05, 0.1) is 12.2 Å². The largest absolute Gasteiger partial charge is 0.393 e. The second-order valence-corrected chi connectivity index (χ2v) is 4.42. The maximum absolute atomic E-state index is 5.87. The van der Waals surface area contributed by atoms with Gasteiger partial charge in [-0.05, 0) is 13.8 Å². The molecule has 0 saturated carbocycles. The summed E-state index contributed by atoms with van der Waals surface area (Å²) in [5.74, 6) is 0.696. The molecule has 2 heterocycles. The zero-order chi connectivity index (χ0) is 11.7. The van der Waals surface area contributed by atoms with Gasteiger partial charge in [-0.15, -0.1) is 0 Å². The Morgan fingerprint density at radius 3 is 2.62 bits per heavy atom. The number of rotatable bonds is 1. The molecule has 2 atom stereocenters. The maximum Gasteiger partial charge on any atom is 0.157 e. The van der Waals surface area contributed by atoms with Crippen LogP contribution < -0.4 is 10.6 Å². The van der Waals surface area contributed by atoms with Crippen LogP contribution in [0.1, 0.15) is 13.8 Å². The van der Waals surface area contributed by atoms with Gasteiger partial charge in [0.15, 0.2) is 11.0 Å². The highest BCUT2D eigenvalue weighted by Gasteiger charge is 2.25. The zero-order valence-electron chi connectivity index (χ0n) is 9.35. The third-order valence-corrected chi connectivity index (χ3v) is 2.83. The SMILES string of the molecule is C[C@@H]1CN(c2ncnc(Cl)c2N)C[C@H](C)O1. The predicted octanol–water partition coefficient (Wildman–Crippen LogP) is 1.33. The first-order valence-electron chi connectivity index (χ1n) is 5.24. The van der Waals surface area contributed by atoms with E-state index < -0.39 is 0 Å². The van der Waals surface area contributed by atoms with Gasteiger partial charge in [-0.2, -0.15) is 0 Å². The van der Waals surface area contributed by atoms with Crippen molar-refractivity contribution in [1.82, 2.24) is 9.97 Å². The fourth-order valence-electron chi connectivity index (χ4n) is 1.97. The van der Waals surface area contributed by atoms with Gasteiger partial charge in [0.1, 0.15) is 12.0 Å². The smallest absolute Gasteiger partial charge is 0.157 e. The maximum atomic E-state index is 5.87. The lowest BCUT2D eigenvalue weighted by atomic mass is 10.2. The highest BCUT2D eigenvalue weighted by atomic mass is 35.5. The molecule has 0 aliphatic carbocycles. The summed E-state index contributed by atoms with van der Waals surface area (Å²) in [6, 6.07) is 0. The molecule has 0 unspecified atom stereocenters. The number of nitrogens with zero attached hydrogens (tertiary/aromatic N) is 3. The topological polar surface area (TPSA) is 64.3 Å². The Kier molecular flexibility index (Phi) is 3.16. The minimum atomic E-state index is 0.164. The highest BCUT2D eigenvalue weighted by Crippen LogP contribution is 2.27. The molecule has 1 fully saturated rings. The Bertz CT molecular complexity index is 377. The van der Waals surface area contributed by atoms with Crippen molar-refractivity contribution >= 4 is 23.1 Å². The van der Waals surface area contributed by atoms with Gasteiger partial charge >= 0.3 is 0 Å². The van der Waals surface area contributed by atoms with Crippen LogP contribution in [0.5, 0.6) is 0 Å². The molecule has 0 radical (unpaired) electrons. The van der Waals surface area contributed by atoms with Gasteiger partial charge in [-0.1, -0.05) is 11.6 Å². The van der Waals surface area contributed by atoms with E-state index in [4.69, 9.17) is 22.1 Å². The highest BCUT2D eigenvalue weighted by molar-refractivity contribution is 6.32. The number of halogens is 1. The summed E-state index contributed by atoms with van der Waals surface area (Å²) in [6.07, 6.45) is 1.76. The first-order valence-corrected chi connectivity index (χ1v) is 5.62. The molecule has 2 N–H and O–H groups in total. The van der Waals surface area contributed by atoms with E-state index in [1.807, 2.05) is 13.8 Å². The Balaban J connectivity index is 2.26. The second-order valence-electron chi connectivity index (χ2n) is 4.06. The molecule has 5 nitrogen and oxygen atoms in total. The van der Waals surface area contributed by atoms with E-state index in [0.29, 0.717) is 16.7 Å². The van der Waals surface area contributed by atoms with Gasteiger partial charge in [0.2, 0.25) is 0 Å². The average molecular weight is 243 g/mol. The first-order chi connectivity index (χ1) is 7.58. The van der Waals surface area contributed by atoms with Crippen molar-refractivity contribution in [1.29, 1.82) is 0 Å². The molecular weight excluding hydrogens is 228 g/mol. The Hall–Kier alpha value is -1.07. The lowest BCUT2D eigenvalue weighted by Gasteiger charge is -2.36. The van der Waals surface area contributed by atoms with E-state index in [1.165, 1.54) is 6.33 Å². The van der Waals surface area contributed by atoms with Crippen molar-refractivity contribution in [3.8, 4) is 0 Å². The monoisotopic (exact) mass is 242 g/mol. The molecule has 0 amide bonds. The first kappa shape index (κ1) is 11.4. The average Bonchev–Trinajstić information content (AvgIpc) is 2.20. The van der Waals surface area contributed by atoms with Crippen LogP contribution >= 0.6 is 11.6 Å². The van der Waals surface area contributed by atoms with Crippen LogP contribution in [0.25, 0.3) is 0 Å². The molecule has 6 heteroatoms. The minimum Gasteiger partial charge on any atom is -0.393 e. The van der Waals surface area contributed by atoms with Crippen LogP contribution in [-0.4, -0.2) is 35.3 Å². The summed E-state index contributed by atoms with van der Waals surface area (Å²) < 4.78 is 5.65. The number of hydrogen-bond donors (Lipinski definition) is 1. The number of nitrogen functional groups attached to an aromatic ring is 1. The van der Waals surface area contributed by atoms with Crippen molar-refractivity contribution in [2.75, 3.05) is 23.7 Å². The zero-order valence-corrected chi connectivity index (χ0v) is 10.1. The summed E-state index contributed by atoms with van der Waals surface area (Å²) in [5, 5.41) is 0.303. The lowest BCUT2D eigenvalue weighted by molar-refractivity contribution is -0.00541. The molecule has 1 aromatic rings. The van der Waals surface area contributed by atoms with Crippen molar-refractivity contribution < 1.29 is 4.74 Å². The quantitative estimate of drug-likeness (QED) is 0.753. The number of ether oxygens (including phenoxy) is 1. The number of hydrogen-bond acceptors (Lipinski definition) is 5. The number of aromatic nitrogens is 2. The van der Waals surface area contributed by atoms with E-state index in [9.17, 15) is 0 Å². The number of anilines is 2. The standard InChI is InChI=1S/C10H15ClN4O/c1-6-3-15(4-7(2)16-6)10-8(12)9(11)13-5-14-10/h5-7H,3-4,12H2,1-2H3/t6-,7+.